The van der Waals surface area contributed by atoms with Crippen LogP contribution in [0.5, 0.6) is 0 Å². The van der Waals surface area contributed by atoms with E-state index in [0.717, 1.165) is 48.6 Å². The molecule has 0 saturated heterocycles. The second-order valence-electron chi connectivity index (χ2n) is 6.60. The number of carbonyl (C=O) groups excluding carboxylic acids is 2. The minimum Gasteiger partial charge on any atom is -0.459 e. The van der Waals surface area contributed by atoms with Crippen molar-refractivity contribution in [3.8, 4) is 0 Å². The van der Waals surface area contributed by atoms with E-state index >= 15 is 0 Å². The smallest absolute Gasteiger partial charge is 0.339 e. The lowest BCUT2D eigenvalue weighted by Gasteiger charge is -2.19. The zero-order valence-electron chi connectivity index (χ0n) is 16.6. The van der Waals surface area contributed by atoms with Crippen molar-refractivity contribution in [3.05, 3.63) is 33.3 Å². The summed E-state index contributed by atoms with van der Waals surface area (Å²) in [6, 6.07) is 3.36. The number of aryl methyl sites for hydroxylation is 1. The number of rotatable bonds is 10. The first-order chi connectivity index (χ1) is 12.4. The molecule has 0 saturated carbocycles. The van der Waals surface area contributed by atoms with Crippen LogP contribution in [0.25, 0.3) is 0 Å². The highest BCUT2D eigenvalue weighted by atomic mass is 79.9. The maximum Gasteiger partial charge on any atom is 0.339 e. The Hall–Kier alpha value is -1.36. The van der Waals surface area contributed by atoms with E-state index in [-0.39, 0.29) is 23.3 Å². The molecule has 5 heteroatoms. The van der Waals surface area contributed by atoms with Crippen molar-refractivity contribution in [1.29, 1.82) is 0 Å². The number of carbonyl (C=O) groups is 2. The Balaban J connectivity index is 3.13. The van der Waals surface area contributed by atoms with Gasteiger partial charge in [0.05, 0.1) is 11.1 Å². The van der Waals surface area contributed by atoms with Crippen LogP contribution in [0.4, 0.5) is 0 Å². The first-order valence-corrected chi connectivity index (χ1v) is 10.4. The lowest BCUT2D eigenvalue weighted by atomic mass is 10.0. The highest BCUT2D eigenvalue weighted by molar-refractivity contribution is 9.10. The Bertz CT molecular complexity index is 559. The van der Waals surface area contributed by atoms with Crippen molar-refractivity contribution in [2.45, 2.75) is 85.4 Å². The van der Waals surface area contributed by atoms with Crippen LogP contribution in [0.15, 0.2) is 16.6 Å². The SMILES string of the molecule is CCCC(CC)OC(=O)c1cc(C)c(Br)cc1C(=O)OC(CC)CCC. The normalized spacial score (nSPS) is 13.2. The van der Waals surface area contributed by atoms with Gasteiger partial charge in [0.15, 0.2) is 0 Å². The Kier molecular flexibility index (Phi) is 9.92. The molecular formula is C21H31BrO4. The standard InChI is InChI=1S/C21H31BrO4/c1-6-10-15(8-3)25-20(23)17-12-14(5)19(22)13-18(17)21(24)26-16(9-4)11-7-2/h12-13,15-16H,6-11H2,1-5H3. The third-order valence-corrected chi connectivity index (χ3v) is 5.27. The molecule has 1 rings (SSSR count). The van der Waals surface area contributed by atoms with Gasteiger partial charge in [0.25, 0.3) is 0 Å². The van der Waals surface area contributed by atoms with Gasteiger partial charge in [-0.3, -0.25) is 0 Å². The van der Waals surface area contributed by atoms with E-state index in [1.54, 1.807) is 12.1 Å². The van der Waals surface area contributed by atoms with Crippen LogP contribution in [-0.4, -0.2) is 24.1 Å². The monoisotopic (exact) mass is 426 g/mol. The zero-order valence-corrected chi connectivity index (χ0v) is 18.1. The zero-order chi connectivity index (χ0) is 19.7. The third kappa shape index (κ3) is 6.42. The average Bonchev–Trinajstić information content (AvgIpc) is 2.62. The third-order valence-electron chi connectivity index (χ3n) is 4.42. The number of esters is 2. The van der Waals surface area contributed by atoms with Gasteiger partial charge in [0.2, 0.25) is 0 Å². The van der Waals surface area contributed by atoms with E-state index in [4.69, 9.17) is 9.47 Å². The molecule has 0 radical (unpaired) electrons. The molecule has 2 atom stereocenters. The van der Waals surface area contributed by atoms with Gasteiger partial charge in [0.1, 0.15) is 12.2 Å². The van der Waals surface area contributed by atoms with Crippen molar-refractivity contribution < 1.29 is 19.1 Å². The molecule has 4 nitrogen and oxygen atoms in total. The van der Waals surface area contributed by atoms with Gasteiger partial charge in [-0.2, -0.15) is 0 Å². The lowest BCUT2D eigenvalue weighted by molar-refractivity contribution is 0.0223. The summed E-state index contributed by atoms with van der Waals surface area (Å²) in [5.74, 6) is -0.933. The predicted molar refractivity (Wildman–Crippen MR) is 108 cm³/mol. The Morgan fingerprint density at radius 3 is 1.69 bits per heavy atom. The molecule has 1 aromatic rings. The number of hydrogen-bond acceptors (Lipinski definition) is 4. The van der Waals surface area contributed by atoms with Crippen LogP contribution >= 0.6 is 15.9 Å². The molecule has 0 heterocycles. The maximum atomic E-state index is 12.7. The molecule has 0 bridgehead atoms. The van der Waals surface area contributed by atoms with E-state index in [1.807, 2.05) is 20.8 Å². The molecule has 2 unspecified atom stereocenters. The van der Waals surface area contributed by atoms with Crippen LogP contribution in [0, 0.1) is 6.92 Å². The molecule has 26 heavy (non-hydrogen) atoms. The van der Waals surface area contributed by atoms with Gasteiger partial charge in [-0.05, 0) is 50.3 Å². The Morgan fingerprint density at radius 2 is 1.31 bits per heavy atom. The van der Waals surface area contributed by atoms with Crippen molar-refractivity contribution in [2.75, 3.05) is 0 Å². The van der Waals surface area contributed by atoms with E-state index in [1.165, 1.54) is 0 Å². The summed E-state index contributed by atoms with van der Waals surface area (Å²) in [5.41, 5.74) is 1.41. The maximum absolute atomic E-state index is 12.7. The molecule has 0 N–H and O–H groups in total. The number of halogens is 1. The minimum atomic E-state index is -0.471. The van der Waals surface area contributed by atoms with E-state index in [2.05, 4.69) is 29.8 Å². The van der Waals surface area contributed by atoms with Crippen molar-refractivity contribution in [3.63, 3.8) is 0 Å². The van der Waals surface area contributed by atoms with Gasteiger partial charge in [-0.15, -0.1) is 0 Å². The van der Waals surface area contributed by atoms with Crippen molar-refractivity contribution in [1.82, 2.24) is 0 Å². The Morgan fingerprint density at radius 1 is 0.885 bits per heavy atom. The summed E-state index contributed by atoms with van der Waals surface area (Å²) in [6.07, 6.45) is 4.73. The van der Waals surface area contributed by atoms with Crippen molar-refractivity contribution in [2.24, 2.45) is 0 Å². The first kappa shape index (κ1) is 22.7. The van der Waals surface area contributed by atoms with Gasteiger partial charge in [0, 0.05) is 4.47 Å². The molecule has 146 valence electrons. The molecule has 1 aromatic carbocycles. The highest BCUT2D eigenvalue weighted by Gasteiger charge is 2.24. The lowest BCUT2D eigenvalue weighted by Crippen LogP contribution is -2.23. The summed E-state index contributed by atoms with van der Waals surface area (Å²) in [5, 5.41) is 0. The summed E-state index contributed by atoms with van der Waals surface area (Å²) in [4.78, 5) is 25.4. The number of hydrogen-bond donors (Lipinski definition) is 0. The summed E-state index contributed by atoms with van der Waals surface area (Å²) in [7, 11) is 0. The summed E-state index contributed by atoms with van der Waals surface area (Å²) in [6.45, 7) is 9.98. The van der Waals surface area contributed by atoms with Crippen LogP contribution in [0.3, 0.4) is 0 Å². The van der Waals surface area contributed by atoms with E-state index in [9.17, 15) is 9.59 Å². The minimum absolute atomic E-state index is 0.135. The average molecular weight is 427 g/mol. The molecule has 0 fully saturated rings. The topological polar surface area (TPSA) is 52.6 Å². The molecular weight excluding hydrogens is 396 g/mol. The predicted octanol–water partition coefficient (Wildman–Crippen LogP) is 6.23. The quantitative estimate of drug-likeness (QED) is 0.416. The number of benzene rings is 1. The largest absolute Gasteiger partial charge is 0.459 e. The van der Waals surface area contributed by atoms with Crippen LogP contribution in [0.1, 0.15) is 92.5 Å². The van der Waals surface area contributed by atoms with Crippen LogP contribution < -0.4 is 0 Å². The summed E-state index contributed by atoms with van der Waals surface area (Å²) < 4.78 is 12.0. The number of ether oxygens (including phenoxy) is 2. The molecule has 0 amide bonds. The fourth-order valence-corrected chi connectivity index (χ4v) is 3.13. The van der Waals surface area contributed by atoms with Gasteiger partial charge in [-0.25, -0.2) is 9.59 Å². The van der Waals surface area contributed by atoms with E-state index < -0.39 is 11.9 Å². The van der Waals surface area contributed by atoms with Crippen molar-refractivity contribution >= 4 is 27.9 Å². The fourth-order valence-electron chi connectivity index (χ4n) is 2.79. The molecule has 0 aliphatic rings. The molecule has 0 spiro atoms. The highest BCUT2D eigenvalue weighted by Crippen LogP contribution is 2.25. The second kappa shape index (κ2) is 11.4. The molecule has 0 aliphatic carbocycles. The Labute approximate surface area is 165 Å². The fraction of sp³-hybridized carbons (Fsp3) is 0.619. The van der Waals surface area contributed by atoms with Gasteiger partial charge < -0.3 is 9.47 Å². The van der Waals surface area contributed by atoms with E-state index in [0.29, 0.717) is 0 Å². The van der Waals surface area contributed by atoms with Crippen LogP contribution in [0.2, 0.25) is 0 Å². The second-order valence-corrected chi connectivity index (χ2v) is 7.45. The molecule has 0 aliphatic heterocycles. The van der Waals surface area contributed by atoms with Gasteiger partial charge >= 0.3 is 11.9 Å². The van der Waals surface area contributed by atoms with Gasteiger partial charge in [-0.1, -0.05) is 56.5 Å². The van der Waals surface area contributed by atoms with Crippen LogP contribution in [-0.2, 0) is 9.47 Å². The first-order valence-electron chi connectivity index (χ1n) is 9.59. The summed E-state index contributed by atoms with van der Waals surface area (Å²) >= 11 is 3.44. The molecule has 0 aromatic heterocycles.